The summed E-state index contributed by atoms with van der Waals surface area (Å²) < 4.78 is 5.33. The van der Waals surface area contributed by atoms with E-state index in [1.165, 1.54) is 5.56 Å². The second-order valence-corrected chi connectivity index (χ2v) is 4.68. The minimum atomic E-state index is 0. The van der Waals surface area contributed by atoms with Gasteiger partial charge in [0.25, 0.3) is 0 Å². The van der Waals surface area contributed by atoms with Crippen LogP contribution in [0.5, 0.6) is 5.75 Å². The SMILES string of the molecule is CCC(C)NC(=NC)NCc1ccc(C)c(OC)c1.I. The van der Waals surface area contributed by atoms with Crippen molar-refractivity contribution < 1.29 is 4.74 Å². The maximum absolute atomic E-state index is 5.33. The van der Waals surface area contributed by atoms with Crippen LogP contribution in [-0.2, 0) is 6.54 Å². The van der Waals surface area contributed by atoms with Gasteiger partial charge in [-0.1, -0.05) is 19.1 Å². The minimum Gasteiger partial charge on any atom is -0.496 e. The summed E-state index contributed by atoms with van der Waals surface area (Å²) in [6.45, 7) is 7.06. The highest BCUT2D eigenvalue weighted by atomic mass is 127. The van der Waals surface area contributed by atoms with Crippen LogP contribution in [0.25, 0.3) is 0 Å². The van der Waals surface area contributed by atoms with Crippen LogP contribution in [0.3, 0.4) is 0 Å². The zero-order valence-electron chi connectivity index (χ0n) is 13.0. The van der Waals surface area contributed by atoms with E-state index in [9.17, 15) is 0 Å². The van der Waals surface area contributed by atoms with Crippen LogP contribution in [0.1, 0.15) is 31.4 Å². The number of methoxy groups -OCH3 is 1. The van der Waals surface area contributed by atoms with Gasteiger partial charge < -0.3 is 15.4 Å². The highest BCUT2D eigenvalue weighted by Crippen LogP contribution is 2.18. The predicted octanol–water partition coefficient (Wildman–Crippen LogP) is 3.09. The van der Waals surface area contributed by atoms with E-state index in [2.05, 4.69) is 47.7 Å². The van der Waals surface area contributed by atoms with Gasteiger partial charge in [0, 0.05) is 19.6 Å². The molecule has 0 aliphatic heterocycles. The average molecular weight is 391 g/mol. The number of halogens is 1. The first-order chi connectivity index (χ1) is 9.10. The zero-order valence-corrected chi connectivity index (χ0v) is 15.3. The molecule has 1 unspecified atom stereocenters. The second kappa shape index (κ2) is 9.85. The lowest BCUT2D eigenvalue weighted by Crippen LogP contribution is -2.41. The highest BCUT2D eigenvalue weighted by molar-refractivity contribution is 14.0. The molecule has 0 amide bonds. The van der Waals surface area contributed by atoms with E-state index in [-0.39, 0.29) is 24.0 Å². The Hall–Kier alpha value is -0.980. The number of benzene rings is 1. The van der Waals surface area contributed by atoms with Crippen molar-refractivity contribution in [1.82, 2.24) is 10.6 Å². The summed E-state index contributed by atoms with van der Waals surface area (Å²) in [5, 5.41) is 6.64. The molecule has 4 nitrogen and oxygen atoms in total. The van der Waals surface area contributed by atoms with Gasteiger partial charge in [-0.15, -0.1) is 24.0 Å². The van der Waals surface area contributed by atoms with Crippen LogP contribution in [0.2, 0.25) is 0 Å². The maximum atomic E-state index is 5.33. The van der Waals surface area contributed by atoms with E-state index in [4.69, 9.17) is 4.74 Å². The fourth-order valence-corrected chi connectivity index (χ4v) is 1.69. The fraction of sp³-hybridized carbons (Fsp3) is 0.533. The van der Waals surface area contributed by atoms with Crippen molar-refractivity contribution in [3.63, 3.8) is 0 Å². The Kier molecular flexibility index (Phi) is 9.37. The lowest BCUT2D eigenvalue weighted by Gasteiger charge is -2.16. The Morgan fingerprint density at radius 2 is 2.10 bits per heavy atom. The first-order valence-corrected chi connectivity index (χ1v) is 6.71. The molecule has 0 aromatic heterocycles. The van der Waals surface area contributed by atoms with Crippen LogP contribution >= 0.6 is 24.0 Å². The van der Waals surface area contributed by atoms with Gasteiger partial charge in [0.2, 0.25) is 0 Å². The van der Waals surface area contributed by atoms with Crippen molar-refractivity contribution >= 4 is 29.9 Å². The van der Waals surface area contributed by atoms with Gasteiger partial charge in [0.05, 0.1) is 7.11 Å². The number of nitrogens with zero attached hydrogens (tertiary/aromatic N) is 1. The number of hydrogen-bond acceptors (Lipinski definition) is 2. The van der Waals surface area contributed by atoms with Crippen molar-refractivity contribution in [2.45, 2.75) is 39.8 Å². The molecule has 1 aromatic rings. The summed E-state index contributed by atoms with van der Waals surface area (Å²) >= 11 is 0. The van der Waals surface area contributed by atoms with Gasteiger partial charge in [-0.2, -0.15) is 0 Å². The normalized spacial score (nSPS) is 12.3. The Labute approximate surface area is 139 Å². The van der Waals surface area contributed by atoms with Crippen molar-refractivity contribution in [2.24, 2.45) is 4.99 Å². The number of hydrogen-bond donors (Lipinski definition) is 2. The summed E-state index contributed by atoms with van der Waals surface area (Å²) in [6, 6.07) is 6.64. The number of nitrogens with one attached hydrogen (secondary N) is 2. The molecule has 0 heterocycles. The largest absolute Gasteiger partial charge is 0.496 e. The number of guanidine groups is 1. The molecule has 0 radical (unpaired) electrons. The zero-order chi connectivity index (χ0) is 14.3. The van der Waals surface area contributed by atoms with Crippen LogP contribution < -0.4 is 15.4 Å². The number of aliphatic imine (C=N–C) groups is 1. The lowest BCUT2D eigenvalue weighted by atomic mass is 10.1. The van der Waals surface area contributed by atoms with Crippen LogP contribution in [0.15, 0.2) is 23.2 Å². The third-order valence-corrected chi connectivity index (χ3v) is 3.15. The molecular formula is C15H26IN3O. The fourth-order valence-electron chi connectivity index (χ4n) is 1.69. The average Bonchev–Trinajstić information content (AvgIpc) is 2.44. The van der Waals surface area contributed by atoms with Gasteiger partial charge in [0.15, 0.2) is 5.96 Å². The number of aryl methyl sites for hydroxylation is 1. The van der Waals surface area contributed by atoms with Gasteiger partial charge >= 0.3 is 0 Å². The monoisotopic (exact) mass is 391 g/mol. The van der Waals surface area contributed by atoms with Crippen LogP contribution in [0, 0.1) is 6.92 Å². The van der Waals surface area contributed by atoms with E-state index in [1.54, 1.807) is 14.2 Å². The Morgan fingerprint density at radius 1 is 1.40 bits per heavy atom. The first-order valence-electron chi connectivity index (χ1n) is 6.71. The molecule has 0 saturated carbocycles. The van der Waals surface area contributed by atoms with Crippen molar-refractivity contribution in [1.29, 1.82) is 0 Å². The topological polar surface area (TPSA) is 45.7 Å². The van der Waals surface area contributed by atoms with E-state index in [0.717, 1.165) is 30.2 Å². The molecule has 1 aromatic carbocycles. The Bertz CT molecular complexity index is 435. The molecule has 0 bridgehead atoms. The molecule has 20 heavy (non-hydrogen) atoms. The molecule has 5 heteroatoms. The van der Waals surface area contributed by atoms with Crippen LogP contribution in [0.4, 0.5) is 0 Å². The molecule has 2 N–H and O–H groups in total. The van der Waals surface area contributed by atoms with Crippen molar-refractivity contribution in [3.8, 4) is 5.75 Å². The van der Waals surface area contributed by atoms with E-state index in [1.807, 2.05) is 6.92 Å². The highest BCUT2D eigenvalue weighted by Gasteiger charge is 2.04. The summed E-state index contributed by atoms with van der Waals surface area (Å²) in [5.74, 6) is 1.75. The van der Waals surface area contributed by atoms with Gasteiger partial charge in [-0.05, 0) is 37.5 Å². The predicted molar refractivity (Wildman–Crippen MR) is 96.2 cm³/mol. The van der Waals surface area contributed by atoms with Crippen LogP contribution in [-0.4, -0.2) is 26.2 Å². The molecule has 114 valence electrons. The standard InChI is InChI=1S/C15H25N3O.HI/c1-6-12(3)18-15(16-4)17-10-13-8-7-11(2)14(9-13)19-5;/h7-9,12H,6,10H2,1-5H3,(H2,16,17,18);1H. The third-order valence-electron chi connectivity index (χ3n) is 3.15. The van der Waals surface area contributed by atoms with Crippen molar-refractivity contribution in [2.75, 3.05) is 14.2 Å². The van der Waals surface area contributed by atoms with Crippen molar-refractivity contribution in [3.05, 3.63) is 29.3 Å². The minimum absolute atomic E-state index is 0. The third kappa shape index (κ3) is 5.98. The molecule has 0 aliphatic carbocycles. The summed E-state index contributed by atoms with van der Waals surface area (Å²) in [6.07, 6.45) is 1.07. The Morgan fingerprint density at radius 3 is 2.65 bits per heavy atom. The Balaban J connectivity index is 0.00000361. The van der Waals surface area contributed by atoms with E-state index < -0.39 is 0 Å². The summed E-state index contributed by atoms with van der Waals surface area (Å²) in [5.41, 5.74) is 2.32. The lowest BCUT2D eigenvalue weighted by molar-refractivity contribution is 0.411. The number of rotatable bonds is 5. The summed E-state index contributed by atoms with van der Waals surface area (Å²) in [4.78, 5) is 4.21. The summed E-state index contributed by atoms with van der Waals surface area (Å²) in [7, 11) is 3.48. The van der Waals surface area contributed by atoms with E-state index in [0.29, 0.717) is 6.04 Å². The maximum Gasteiger partial charge on any atom is 0.191 e. The van der Waals surface area contributed by atoms with E-state index >= 15 is 0 Å². The van der Waals surface area contributed by atoms with Gasteiger partial charge in [0.1, 0.15) is 5.75 Å². The van der Waals surface area contributed by atoms with Gasteiger partial charge in [-0.25, -0.2) is 0 Å². The quantitative estimate of drug-likeness (QED) is 0.461. The first kappa shape index (κ1) is 19.0. The smallest absolute Gasteiger partial charge is 0.191 e. The molecule has 0 aliphatic rings. The molecule has 0 fully saturated rings. The molecule has 1 rings (SSSR count). The molecule has 0 saturated heterocycles. The molecule has 1 atom stereocenters. The number of ether oxygens (including phenoxy) is 1. The van der Waals surface area contributed by atoms with Gasteiger partial charge in [-0.3, -0.25) is 4.99 Å². The second-order valence-electron chi connectivity index (χ2n) is 4.68. The molecular weight excluding hydrogens is 365 g/mol. The molecule has 0 spiro atoms.